The molecule has 0 amide bonds. The number of hydrogen-bond donors (Lipinski definition) is 3. The lowest BCUT2D eigenvalue weighted by molar-refractivity contribution is 0.606. The van der Waals surface area contributed by atoms with Crippen LogP contribution >= 0.6 is 27.3 Å². The molecule has 0 saturated carbocycles. The number of thiophene rings is 1. The highest BCUT2D eigenvalue weighted by Gasteiger charge is 2.16. The van der Waals surface area contributed by atoms with E-state index in [2.05, 4.69) is 56.3 Å². The van der Waals surface area contributed by atoms with Gasteiger partial charge >= 0.3 is 5.69 Å². The van der Waals surface area contributed by atoms with Crippen LogP contribution in [0.1, 0.15) is 29.8 Å². The van der Waals surface area contributed by atoms with Gasteiger partial charge in [0.1, 0.15) is 0 Å². The van der Waals surface area contributed by atoms with Gasteiger partial charge < -0.3 is 15.3 Å². The normalized spacial score (nSPS) is 12.9. The van der Waals surface area contributed by atoms with E-state index in [0.29, 0.717) is 0 Å². The van der Waals surface area contributed by atoms with Crippen molar-refractivity contribution < 1.29 is 0 Å². The summed E-state index contributed by atoms with van der Waals surface area (Å²) in [5, 5.41) is 3.57. The number of H-pyrrole nitrogens is 2. The molecule has 1 atom stereocenters. The van der Waals surface area contributed by atoms with E-state index in [-0.39, 0.29) is 11.7 Å². The van der Waals surface area contributed by atoms with Gasteiger partial charge in [-0.05, 0) is 58.7 Å². The van der Waals surface area contributed by atoms with Gasteiger partial charge in [0.2, 0.25) is 0 Å². The maximum absolute atomic E-state index is 11.4. The van der Waals surface area contributed by atoms with Crippen LogP contribution in [0.2, 0.25) is 0 Å². The third-order valence-corrected chi connectivity index (χ3v) is 5.04. The van der Waals surface area contributed by atoms with Crippen LogP contribution in [0.4, 0.5) is 0 Å². The van der Waals surface area contributed by atoms with Crippen molar-refractivity contribution in [2.45, 2.75) is 19.4 Å². The molecule has 0 spiro atoms. The standard InChI is InChI=1S/C15H16BrN3OS/c1-2-7-17-14(12-5-6-13(16)21-12)9-3-4-10-11(8-9)19-15(20)18-10/h3-6,8,14,17H,2,7H2,1H3,(H2,18,19,20). The van der Waals surface area contributed by atoms with E-state index in [9.17, 15) is 4.79 Å². The van der Waals surface area contributed by atoms with Crippen LogP contribution in [0.25, 0.3) is 11.0 Å². The Bertz CT molecular complexity index is 804. The van der Waals surface area contributed by atoms with Crippen molar-refractivity contribution in [1.82, 2.24) is 15.3 Å². The number of aromatic amines is 2. The first-order valence-electron chi connectivity index (χ1n) is 6.88. The molecule has 0 aliphatic rings. The molecule has 0 aliphatic carbocycles. The summed E-state index contributed by atoms with van der Waals surface area (Å²) in [6.07, 6.45) is 1.08. The molecule has 2 heterocycles. The lowest BCUT2D eigenvalue weighted by atomic mass is 10.0. The molecule has 0 fully saturated rings. The average molecular weight is 366 g/mol. The van der Waals surface area contributed by atoms with Crippen LogP contribution in [-0.2, 0) is 0 Å². The Morgan fingerprint density at radius 2 is 2.05 bits per heavy atom. The molecule has 0 aliphatic heterocycles. The molecule has 4 nitrogen and oxygen atoms in total. The van der Waals surface area contributed by atoms with Gasteiger partial charge in [-0.25, -0.2) is 4.79 Å². The summed E-state index contributed by atoms with van der Waals surface area (Å²) in [7, 11) is 0. The van der Waals surface area contributed by atoms with Gasteiger partial charge in [-0.3, -0.25) is 0 Å². The maximum Gasteiger partial charge on any atom is 0.323 e. The number of imidazole rings is 1. The van der Waals surface area contributed by atoms with Crippen molar-refractivity contribution in [3.63, 3.8) is 0 Å². The minimum absolute atomic E-state index is 0.143. The highest BCUT2D eigenvalue weighted by Crippen LogP contribution is 2.32. The van der Waals surface area contributed by atoms with Gasteiger partial charge in [-0.2, -0.15) is 0 Å². The quantitative estimate of drug-likeness (QED) is 0.644. The molecule has 21 heavy (non-hydrogen) atoms. The number of hydrogen-bond acceptors (Lipinski definition) is 3. The minimum atomic E-state index is -0.168. The van der Waals surface area contributed by atoms with E-state index in [1.807, 2.05) is 12.1 Å². The van der Waals surface area contributed by atoms with Crippen LogP contribution in [0, 0.1) is 0 Å². The van der Waals surface area contributed by atoms with Crippen LogP contribution < -0.4 is 11.0 Å². The van der Waals surface area contributed by atoms with Gasteiger partial charge in [0.05, 0.1) is 20.9 Å². The first-order chi connectivity index (χ1) is 10.2. The smallest absolute Gasteiger partial charge is 0.306 e. The number of nitrogens with one attached hydrogen (secondary N) is 3. The largest absolute Gasteiger partial charge is 0.323 e. The van der Waals surface area contributed by atoms with Gasteiger partial charge in [0, 0.05) is 4.88 Å². The fourth-order valence-corrected chi connectivity index (χ4v) is 3.91. The molecule has 3 aromatic rings. The molecular weight excluding hydrogens is 350 g/mol. The first kappa shape index (κ1) is 14.6. The van der Waals surface area contributed by atoms with E-state index in [0.717, 1.165) is 33.3 Å². The van der Waals surface area contributed by atoms with E-state index in [1.165, 1.54) is 4.88 Å². The Balaban J connectivity index is 2.02. The molecule has 1 unspecified atom stereocenters. The zero-order chi connectivity index (χ0) is 14.8. The molecule has 0 radical (unpaired) electrons. The lowest BCUT2D eigenvalue weighted by Gasteiger charge is -2.17. The summed E-state index contributed by atoms with van der Waals surface area (Å²) in [5.74, 6) is 0. The second-order valence-electron chi connectivity index (χ2n) is 4.91. The first-order valence-corrected chi connectivity index (χ1v) is 8.49. The highest BCUT2D eigenvalue weighted by atomic mass is 79.9. The SMILES string of the molecule is CCCNC(c1ccc2[nH]c(=O)[nH]c2c1)c1ccc(Br)s1. The Labute approximate surface area is 134 Å². The third kappa shape index (κ3) is 3.12. The number of halogens is 1. The second kappa shape index (κ2) is 6.17. The Morgan fingerprint density at radius 1 is 1.24 bits per heavy atom. The van der Waals surface area contributed by atoms with E-state index in [1.54, 1.807) is 11.3 Å². The fourth-order valence-electron chi connectivity index (χ4n) is 2.38. The monoisotopic (exact) mass is 365 g/mol. The molecule has 6 heteroatoms. The molecule has 3 rings (SSSR count). The summed E-state index contributed by atoms with van der Waals surface area (Å²) in [6, 6.07) is 10.4. The Morgan fingerprint density at radius 3 is 2.76 bits per heavy atom. The molecule has 0 bridgehead atoms. The zero-order valence-corrected chi connectivity index (χ0v) is 14.0. The second-order valence-corrected chi connectivity index (χ2v) is 7.41. The topological polar surface area (TPSA) is 60.7 Å². The summed E-state index contributed by atoms with van der Waals surface area (Å²) in [4.78, 5) is 18.2. The summed E-state index contributed by atoms with van der Waals surface area (Å²) >= 11 is 5.25. The van der Waals surface area contributed by atoms with Crippen LogP contribution in [0.15, 0.2) is 38.9 Å². The van der Waals surface area contributed by atoms with Gasteiger partial charge in [-0.15, -0.1) is 11.3 Å². The fraction of sp³-hybridized carbons (Fsp3) is 0.267. The maximum atomic E-state index is 11.4. The van der Waals surface area contributed by atoms with Crippen LogP contribution in [0.5, 0.6) is 0 Å². The molecular formula is C15H16BrN3OS. The summed E-state index contributed by atoms with van der Waals surface area (Å²) in [5.41, 5.74) is 2.67. The number of rotatable bonds is 5. The van der Waals surface area contributed by atoms with Gasteiger partial charge in [-0.1, -0.05) is 13.0 Å². The molecule has 2 aromatic heterocycles. The predicted molar refractivity (Wildman–Crippen MR) is 91.1 cm³/mol. The lowest BCUT2D eigenvalue weighted by Crippen LogP contribution is -2.22. The van der Waals surface area contributed by atoms with Crippen molar-refractivity contribution in [1.29, 1.82) is 0 Å². The van der Waals surface area contributed by atoms with Crippen molar-refractivity contribution >= 4 is 38.3 Å². The van der Waals surface area contributed by atoms with Crippen molar-refractivity contribution in [2.24, 2.45) is 0 Å². The predicted octanol–water partition coefficient (Wildman–Crippen LogP) is 3.77. The third-order valence-electron chi connectivity index (χ3n) is 3.35. The molecule has 0 saturated heterocycles. The van der Waals surface area contributed by atoms with Crippen molar-refractivity contribution in [3.05, 3.63) is 55.0 Å². The van der Waals surface area contributed by atoms with Crippen molar-refractivity contribution in [2.75, 3.05) is 6.54 Å². The Hall–Kier alpha value is -1.37. The highest BCUT2D eigenvalue weighted by molar-refractivity contribution is 9.11. The van der Waals surface area contributed by atoms with Gasteiger partial charge in [0.25, 0.3) is 0 Å². The van der Waals surface area contributed by atoms with Crippen LogP contribution in [-0.4, -0.2) is 16.5 Å². The molecule has 3 N–H and O–H groups in total. The average Bonchev–Trinajstić information content (AvgIpc) is 3.04. The number of aromatic nitrogens is 2. The summed E-state index contributed by atoms with van der Waals surface area (Å²) in [6.45, 7) is 3.10. The minimum Gasteiger partial charge on any atom is -0.306 e. The van der Waals surface area contributed by atoms with E-state index in [4.69, 9.17) is 0 Å². The molecule has 110 valence electrons. The van der Waals surface area contributed by atoms with Crippen LogP contribution in [0.3, 0.4) is 0 Å². The Kier molecular flexibility index (Phi) is 4.28. The number of benzene rings is 1. The summed E-state index contributed by atoms with van der Waals surface area (Å²) < 4.78 is 1.12. The zero-order valence-electron chi connectivity index (χ0n) is 11.6. The molecule has 1 aromatic carbocycles. The van der Waals surface area contributed by atoms with E-state index >= 15 is 0 Å². The van der Waals surface area contributed by atoms with Gasteiger partial charge in [0.15, 0.2) is 0 Å². The number of fused-ring (bicyclic) bond motifs is 1. The van der Waals surface area contributed by atoms with E-state index < -0.39 is 0 Å². The van der Waals surface area contributed by atoms with Crippen molar-refractivity contribution in [3.8, 4) is 0 Å².